The third kappa shape index (κ3) is 6.21. The molecule has 0 aromatic heterocycles. The molecule has 1 heterocycles. The predicted molar refractivity (Wildman–Crippen MR) is 124 cm³/mol. The van der Waals surface area contributed by atoms with E-state index in [9.17, 15) is 9.59 Å². The normalized spacial score (nSPS) is 16.8. The molecule has 0 radical (unpaired) electrons. The number of fused-ring (bicyclic) bond motifs is 1. The van der Waals surface area contributed by atoms with Gasteiger partial charge in [0.05, 0.1) is 13.2 Å². The summed E-state index contributed by atoms with van der Waals surface area (Å²) in [6.45, 7) is 5.01. The second kappa shape index (κ2) is 11.7. The molecule has 31 heavy (non-hydrogen) atoms. The number of benzene rings is 2. The highest BCUT2D eigenvalue weighted by Crippen LogP contribution is 2.18. The number of halogens is 1. The summed E-state index contributed by atoms with van der Waals surface area (Å²) in [4.78, 5) is 25.9. The van der Waals surface area contributed by atoms with E-state index in [2.05, 4.69) is 28.1 Å². The number of ether oxygens (including phenoxy) is 1. The van der Waals surface area contributed by atoms with Crippen LogP contribution in [0.2, 0.25) is 0 Å². The van der Waals surface area contributed by atoms with Gasteiger partial charge in [0.2, 0.25) is 11.8 Å². The van der Waals surface area contributed by atoms with Crippen LogP contribution in [0.4, 0.5) is 0 Å². The van der Waals surface area contributed by atoms with Gasteiger partial charge in [-0.05, 0) is 29.5 Å². The van der Waals surface area contributed by atoms with Crippen LogP contribution in [0.1, 0.15) is 37.0 Å². The Labute approximate surface area is 190 Å². The fraction of sp³-hybridized carbons (Fsp3) is 0.417. The molecule has 7 heteroatoms. The van der Waals surface area contributed by atoms with Crippen molar-refractivity contribution in [2.24, 2.45) is 5.92 Å². The lowest BCUT2D eigenvalue weighted by atomic mass is 9.94. The third-order valence-electron chi connectivity index (χ3n) is 5.84. The molecule has 0 bridgehead atoms. The van der Waals surface area contributed by atoms with E-state index in [1.54, 1.807) is 7.11 Å². The minimum absolute atomic E-state index is 0. The van der Waals surface area contributed by atoms with Crippen LogP contribution in [0.25, 0.3) is 0 Å². The number of hydrogen-bond acceptors (Lipinski definition) is 4. The molecule has 0 saturated heterocycles. The van der Waals surface area contributed by atoms with Crippen molar-refractivity contribution in [3.8, 4) is 5.75 Å². The summed E-state index contributed by atoms with van der Waals surface area (Å²) in [6.07, 6.45) is 1.41. The second-order valence-electron chi connectivity index (χ2n) is 7.81. The van der Waals surface area contributed by atoms with Crippen molar-refractivity contribution in [2.75, 3.05) is 7.11 Å². The minimum atomic E-state index is -0.587. The number of amides is 2. The van der Waals surface area contributed by atoms with Gasteiger partial charge in [0.1, 0.15) is 11.8 Å². The number of nitrogens with one attached hydrogen (secondary N) is 3. The van der Waals surface area contributed by atoms with Crippen LogP contribution in [0, 0.1) is 5.92 Å². The maximum atomic E-state index is 12.9. The summed E-state index contributed by atoms with van der Waals surface area (Å²) in [7, 11) is 1.61. The Bertz CT molecular complexity index is 890. The van der Waals surface area contributed by atoms with E-state index in [-0.39, 0.29) is 36.2 Å². The Morgan fingerprint density at radius 1 is 1.13 bits per heavy atom. The van der Waals surface area contributed by atoms with Crippen LogP contribution in [-0.2, 0) is 29.1 Å². The summed E-state index contributed by atoms with van der Waals surface area (Å²) in [6, 6.07) is 14.8. The highest BCUT2D eigenvalue weighted by atomic mass is 35.5. The average Bonchev–Trinajstić information content (AvgIpc) is 2.80. The molecule has 1 aliphatic heterocycles. The van der Waals surface area contributed by atoms with Crippen molar-refractivity contribution in [1.82, 2.24) is 16.0 Å². The van der Waals surface area contributed by atoms with Gasteiger partial charge < -0.3 is 20.7 Å². The van der Waals surface area contributed by atoms with Crippen LogP contribution in [0.15, 0.2) is 48.5 Å². The highest BCUT2D eigenvalue weighted by molar-refractivity contribution is 5.90. The van der Waals surface area contributed by atoms with Gasteiger partial charge in [-0.2, -0.15) is 0 Å². The molecular formula is C24H32ClN3O3. The van der Waals surface area contributed by atoms with E-state index in [0.717, 1.165) is 17.7 Å². The molecule has 1 unspecified atom stereocenters. The van der Waals surface area contributed by atoms with Gasteiger partial charge in [-0.15, -0.1) is 12.4 Å². The first-order chi connectivity index (χ1) is 14.5. The van der Waals surface area contributed by atoms with Crippen LogP contribution in [0.5, 0.6) is 5.75 Å². The average molecular weight is 446 g/mol. The SMILES string of the molecule is CCC(C)[C@H](NC(=O)[C@@H]1Cc2ccccc2CN1)C(=O)NCc1ccccc1OC.Cl. The van der Waals surface area contributed by atoms with Crippen molar-refractivity contribution in [1.29, 1.82) is 0 Å². The molecule has 2 aromatic carbocycles. The molecule has 1 aliphatic rings. The standard InChI is InChI=1S/C24H31N3O3.ClH/c1-4-16(2)22(24(29)26-15-19-11-7-8-12-21(19)30-3)27-23(28)20-13-17-9-5-6-10-18(17)14-25-20;/h5-12,16,20,22,25H,4,13-15H2,1-3H3,(H,26,29)(H,27,28);1H/t16?,20-,22-;/m0./s1. The number of para-hydroxylation sites is 1. The molecule has 6 nitrogen and oxygen atoms in total. The van der Waals surface area contributed by atoms with E-state index in [1.165, 1.54) is 11.1 Å². The van der Waals surface area contributed by atoms with E-state index in [1.807, 2.05) is 50.2 Å². The second-order valence-corrected chi connectivity index (χ2v) is 7.81. The zero-order chi connectivity index (χ0) is 21.5. The van der Waals surface area contributed by atoms with Gasteiger partial charge in [0.15, 0.2) is 0 Å². The Morgan fingerprint density at radius 2 is 1.81 bits per heavy atom. The van der Waals surface area contributed by atoms with E-state index in [0.29, 0.717) is 19.5 Å². The quantitative estimate of drug-likeness (QED) is 0.583. The highest BCUT2D eigenvalue weighted by Gasteiger charge is 2.30. The summed E-state index contributed by atoms with van der Waals surface area (Å²) >= 11 is 0. The molecule has 2 amide bonds. The van der Waals surface area contributed by atoms with Crippen molar-refractivity contribution in [2.45, 2.75) is 51.9 Å². The first kappa shape index (κ1) is 24.7. The monoisotopic (exact) mass is 445 g/mol. The van der Waals surface area contributed by atoms with Crippen LogP contribution < -0.4 is 20.7 Å². The van der Waals surface area contributed by atoms with Crippen LogP contribution >= 0.6 is 12.4 Å². The number of hydrogen-bond donors (Lipinski definition) is 3. The van der Waals surface area contributed by atoms with Gasteiger partial charge in [0, 0.05) is 18.7 Å². The molecule has 3 atom stereocenters. The fourth-order valence-electron chi connectivity index (χ4n) is 3.74. The van der Waals surface area contributed by atoms with Crippen molar-refractivity contribution in [3.05, 3.63) is 65.2 Å². The largest absolute Gasteiger partial charge is 0.496 e. The van der Waals surface area contributed by atoms with Gasteiger partial charge in [-0.1, -0.05) is 62.7 Å². The van der Waals surface area contributed by atoms with Gasteiger partial charge in [-0.3, -0.25) is 9.59 Å². The van der Waals surface area contributed by atoms with Crippen molar-refractivity contribution in [3.63, 3.8) is 0 Å². The minimum Gasteiger partial charge on any atom is -0.496 e. The van der Waals surface area contributed by atoms with E-state index in [4.69, 9.17) is 4.74 Å². The lowest BCUT2D eigenvalue weighted by molar-refractivity contribution is -0.131. The molecular weight excluding hydrogens is 414 g/mol. The number of methoxy groups -OCH3 is 1. The molecule has 3 rings (SSSR count). The van der Waals surface area contributed by atoms with Crippen molar-refractivity contribution >= 4 is 24.2 Å². The van der Waals surface area contributed by atoms with E-state index < -0.39 is 6.04 Å². The Balaban J connectivity index is 0.00000341. The lowest BCUT2D eigenvalue weighted by Crippen LogP contribution is -2.56. The number of rotatable bonds is 8. The Hall–Kier alpha value is -2.57. The first-order valence-electron chi connectivity index (χ1n) is 10.5. The van der Waals surface area contributed by atoms with Crippen LogP contribution in [-0.4, -0.2) is 31.0 Å². The topological polar surface area (TPSA) is 79.5 Å². The summed E-state index contributed by atoms with van der Waals surface area (Å²) < 4.78 is 5.35. The van der Waals surface area contributed by atoms with Gasteiger partial charge in [0.25, 0.3) is 0 Å². The van der Waals surface area contributed by atoms with Gasteiger partial charge >= 0.3 is 0 Å². The lowest BCUT2D eigenvalue weighted by Gasteiger charge is -2.29. The van der Waals surface area contributed by atoms with Crippen LogP contribution in [0.3, 0.4) is 0 Å². The summed E-state index contributed by atoms with van der Waals surface area (Å²) in [5.41, 5.74) is 3.29. The van der Waals surface area contributed by atoms with Crippen molar-refractivity contribution < 1.29 is 14.3 Å². The Morgan fingerprint density at radius 3 is 2.52 bits per heavy atom. The molecule has 0 fully saturated rings. The molecule has 0 aliphatic carbocycles. The number of carbonyl (C=O) groups is 2. The maximum Gasteiger partial charge on any atom is 0.243 e. The summed E-state index contributed by atoms with van der Waals surface area (Å²) in [5.74, 6) is 0.427. The smallest absolute Gasteiger partial charge is 0.243 e. The van der Waals surface area contributed by atoms with Gasteiger partial charge in [-0.25, -0.2) is 0 Å². The molecule has 0 saturated carbocycles. The van der Waals surface area contributed by atoms with E-state index >= 15 is 0 Å². The molecule has 3 N–H and O–H groups in total. The first-order valence-corrected chi connectivity index (χ1v) is 10.5. The zero-order valence-corrected chi connectivity index (χ0v) is 19.1. The zero-order valence-electron chi connectivity index (χ0n) is 18.3. The number of carbonyl (C=O) groups excluding carboxylic acids is 2. The molecule has 168 valence electrons. The summed E-state index contributed by atoms with van der Waals surface area (Å²) in [5, 5.41) is 9.24. The predicted octanol–water partition coefficient (Wildman–Crippen LogP) is 2.98. The maximum absolute atomic E-state index is 12.9. The Kier molecular flexibility index (Phi) is 9.34. The fourth-order valence-corrected chi connectivity index (χ4v) is 3.74. The molecule has 2 aromatic rings. The molecule has 0 spiro atoms. The third-order valence-corrected chi connectivity index (χ3v) is 5.84.